The number of sulfonamides is 1. The van der Waals surface area contributed by atoms with E-state index in [1.165, 1.54) is 4.31 Å². The Hall–Kier alpha value is -2.64. The average Bonchev–Trinajstić information content (AvgIpc) is 3.15. The Bertz CT molecular complexity index is 1260. The summed E-state index contributed by atoms with van der Waals surface area (Å²) in [5.41, 5.74) is 5.99. The van der Waals surface area contributed by atoms with Crippen LogP contribution >= 0.6 is 15.9 Å². The number of carbonyl (C=O) groups excluding carboxylic acids is 1. The maximum Gasteiger partial charge on any atom is 0.264 e. The van der Waals surface area contributed by atoms with E-state index in [4.69, 9.17) is 0 Å². The molecule has 3 aromatic carbocycles. The number of hydrogen-bond acceptors (Lipinski definition) is 3. The molecule has 1 heterocycles. The first-order valence-electron chi connectivity index (χ1n) is 9.97. The fourth-order valence-corrected chi connectivity index (χ4v) is 5.83. The molecule has 1 N–H and O–H groups in total. The molecule has 1 amide bonds. The van der Waals surface area contributed by atoms with Gasteiger partial charge in [-0.15, -0.1) is 0 Å². The Morgan fingerprint density at radius 1 is 0.968 bits per heavy atom. The molecule has 7 heteroatoms. The summed E-state index contributed by atoms with van der Waals surface area (Å²) < 4.78 is 28.4. The third-order valence-electron chi connectivity index (χ3n) is 5.51. The van der Waals surface area contributed by atoms with Crippen molar-refractivity contribution >= 4 is 43.2 Å². The van der Waals surface area contributed by atoms with Crippen LogP contribution in [-0.2, 0) is 16.4 Å². The van der Waals surface area contributed by atoms with E-state index in [9.17, 15) is 13.2 Å². The fraction of sp³-hybridized carbons (Fsp3) is 0.208. The Morgan fingerprint density at radius 3 is 2.26 bits per heavy atom. The summed E-state index contributed by atoms with van der Waals surface area (Å²) in [6.07, 6.45) is 0.564. The minimum atomic E-state index is -3.65. The first-order chi connectivity index (χ1) is 14.7. The van der Waals surface area contributed by atoms with Crippen molar-refractivity contribution in [3.05, 3.63) is 86.9 Å². The molecule has 160 valence electrons. The van der Waals surface area contributed by atoms with Crippen LogP contribution in [0.15, 0.2) is 64.0 Å². The maximum absolute atomic E-state index is 13.1. The van der Waals surface area contributed by atoms with Crippen molar-refractivity contribution < 1.29 is 13.2 Å². The minimum Gasteiger partial charge on any atom is -0.322 e. The number of nitrogens with one attached hydrogen (secondary N) is 1. The first kappa shape index (κ1) is 21.6. The van der Waals surface area contributed by atoms with Gasteiger partial charge in [0, 0.05) is 22.3 Å². The largest absolute Gasteiger partial charge is 0.322 e. The normalized spacial score (nSPS) is 13.2. The number of halogens is 1. The highest BCUT2D eigenvalue weighted by Gasteiger charge is 2.31. The molecule has 0 aromatic heterocycles. The molecule has 0 unspecified atom stereocenters. The number of aryl methyl sites for hydroxylation is 3. The minimum absolute atomic E-state index is 0.202. The maximum atomic E-state index is 13.1. The van der Waals surface area contributed by atoms with Gasteiger partial charge in [0.05, 0.1) is 10.6 Å². The van der Waals surface area contributed by atoms with Crippen LogP contribution in [0.4, 0.5) is 11.4 Å². The molecule has 0 fully saturated rings. The summed E-state index contributed by atoms with van der Waals surface area (Å²) in [6.45, 7) is 6.33. The van der Waals surface area contributed by atoms with E-state index in [1.54, 1.807) is 42.5 Å². The molecule has 0 atom stereocenters. The molecule has 0 saturated carbocycles. The average molecular weight is 499 g/mol. The van der Waals surface area contributed by atoms with E-state index in [0.29, 0.717) is 24.2 Å². The van der Waals surface area contributed by atoms with E-state index in [-0.39, 0.29) is 10.8 Å². The Labute approximate surface area is 191 Å². The molecular weight excluding hydrogens is 476 g/mol. The Kier molecular flexibility index (Phi) is 5.66. The number of amides is 1. The number of hydrogen-bond donors (Lipinski definition) is 1. The zero-order valence-electron chi connectivity index (χ0n) is 17.6. The van der Waals surface area contributed by atoms with Crippen molar-refractivity contribution in [1.29, 1.82) is 0 Å². The molecule has 1 aliphatic rings. The van der Waals surface area contributed by atoms with Crippen LogP contribution in [0.1, 0.15) is 32.6 Å². The first-order valence-corrected chi connectivity index (χ1v) is 12.2. The van der Waals surface area contributed by atoms with Crippen LogP contribution in [0.3, 0.4) is 0 Å². The van der Waals surface area contributed by atoms with Crippen molar-refractivity contribution in [2.24, 2.45) is 0 Å². The highest BCUT2D eigenvalue weighted by atomic mass is 79.9. The van der Waals surface area contributed by atoms with Crippen molar-refractivity contribution in [1.82, 2.24) is 0 Å². The van der Waals surface area contributed by atoms with Crippen molar-refractivity contribution in [2.75, 3.05) is 16.2 Å². The Balaban J connectivity index is 1.60. The lowest BCUT2D eigenvalue weighted by Crippen LogP contribution is -2.29. The highest BCUT2D eigenvalue weighted by molar-refractivity contribution is 9.10. The lowest BCUT2D eigenvalue weighted by molar-refractivity contribution is 0.102. The molecular formula is C24H23BrN2O3S. The molecule has 3 aromatic rings. The van der Waals surface area contributed by atoms with Gasteiger partial charge in [-0.3, -0.25) is 9.10 Å². The van der Waals surface area contributed by atoms with Crippen LogP contribution in [0.25, 0.3) is 0 Å². The third kappa shape index (κ3) is 4.12. The molecule has 0 spiro atoms. The predicted molar refractivity (Wildman–Crippen MR) is 127 cm³/mol. The smallest absolute Gasteiger partial charge is 0.264 e. The highest BCUT2D eigenvalue weighted by Crippen LogP contribution is 2.34. The molecule has 5 nitrogen and oxygen atoms in total. The zero-order valence-corrected chi connectivity index (χ0v) is 20.0. The van der Waals surface area contributed by atoms with E-state index < -0.39 is 10.0 Å². The topological polar surface area (TPSA) is 66.5 Å². The second-order valence-corrected chi connectivity index (χ2v) is 10.6. The van der Waals surface area contributed by atoms with Crippen LogP contribution in [0.2, 0.25) is 0 Å². The van der Waals surface area contributed by atoms with Gasteiger partial charge in [-0.25, -0.2) is 8.42 Å². The molecule has 0 saturated heterocycles. The van der Waals surface area contributed by atoms with Gasteiger partial charge in [0.2, 0.25) is 0 Å². The van der Waals surface area contributed by atoms with Gasteiger partial charge in [0.25, 0.3) is 15.9 Å². The van der Waals surface area contributed by atoms with Gasteiger partial charge in [0.15, 0.2) is 0 Å². The number of benzene rings is 3. The lowest BCUT2D eigenvalue weighted by Gasteiger charge is -2.20. The zero-order chi connectivity index (χ0) is 22.3. The number of anilines is 2. The molecule has 0 radical (unpaired) electrons. The molecule has 0 bridgehead atoms. The summed E-state index contributed by atoms with van der Waals surface area (Å²) in [7, 11) is -3.65. The van der Waals surface area contributed by atoms with E-state index in [2.05, 4.69) is 21.2 Å². The summed E-state index contributed by atoms with van der Waals surface area (Å²) in [6, 6.07) is 15.9. The number of rotatable bonds is 4. The standard InChI is InChI=1S/C24H23BrN2O3S/c1-15-12-16(2)23(17(3)13-15)26-24(28)19-4-9-22-18(14-19)10-11-27(22)31(29,30)21-7-5-20(25)6-8-21/h4-9,12-14H,10-11H2,1-3H3,(H,26,28). The quantitative estimate of drug-likeness (QED) is 0.525. The van der Waals surface area contributed by atoms with Crippen LogP contribution < -0.4 is 9.62 Å². The van der Waals surface area contributed by atoms with Gasteiger partial charge in [0.1, 0.15) is 0 Å². The van der Waals surface area contributed by atoms with Crippen molar-refractivity contribution in [3.63, 3.8) is 0 Å². The van der Waals surface area contributed by atoms with Gasteiger partial charge in [-0.2, -0.15) is 0 Å². The van der Waals surface area contributed by atoms with E-state index >= 15 is 0 Å². The second-order valence-electron chi connectivity index (χ2n) is 7.85. The van der Waals surface area contributed by atoms with Crippen molar-refractivity contribution in [2.45, 2.75) is 32.1 Å². The Morgan fingerprint density at radius 2 is 1.61 bits per heavy atom. The van der Waals surface area contributed by atoms with Crippen LogP contribution in [0.5, 0.6) is 0 Å². The number of nitrogens with zero attached hydrogens (tertiary/aromatic N) is 1. The number of fused-ring (bicyclic) bond motifs is 1. The predicted octanol–water partition coefficient (Wildman–Crippen LogP) is 5.38. The SMILES string of the molecule is Cc1cc(C)c(NC(=O)c2ccc3c(c2)CCN3S(=O)(=O)c2ccc(Br)cc2)c(C)c1. The van der Waals surface area contributed by atoms with E-state index in [1.807, 2.05) is 32.9 Å². The van der Waals surface area contributed by atoms with Gasteiger partial charge < -0.3 is 5.32 Å². The summed E-state index contributed by atoms with van der Waals surface area (Å²) in [4.78, 5) is 13.1. The monoisotopic (exact) mass is 498 g/mol. The van der Waals surface area contributed by atoms with E-state index in [0.717, 1.165) is 32.4 Å². The number of carbonyl (C=O) groups is 1. The molecule has 31 heavy (non-hydrogen) atoms. The van der Waals surface area contributed by atoms with Gasteiger partial charge in [-0.1, -0.05) is 33.6 Å². The molecule has 1 aliphatic heterocycles. The summed E-state index contributed by atoms with van der Waals surface area (Å²) >= 11 is 3.33. The van der Waals surface area contributed by atoms with Crippen molar-refractivity contribution in [3.8, 4) is 0 Å². The fourth-order valence-electron chi connectivity index (χ4n) is 4.06. The summed E-state index contributed by atoms with van der Waals surface area (Å²) in [5.74, 6) is -0.202. The van der Waals surface area contributed by atoms with Crippen LogP contribution in [0, 0.1) is 20.8 Å². The second kappa shape index (κ2) is 8.13. The third-order valence-corrected chi connectivity index (χ3v) is 7.87. The van der Waals surface area contributed by atoms with Gasteiger partial charge in [-0.05, 0) is 86.3 Å². The van der Waals surface area contributed by atoms with Crippen LogP contribution in [-0.4, -0.2) is 20.9 Å². The lowest BCUT2D eigenvalue weighted by atomic mass is 10.0. The van der Waals surface area contributed by atoms with Gasteiger partial charge >= 0.3 is 0 Å². The molecule has 4 rings (SSSR count). The summed E-state index contributed by atoms with van der Waals surface area (Å²) in [5, 5.41) is 3.01. The molecule has 0 aliphatic carbocycles.